The molecule has 8 rings (SSSR count). The van der Waals surface area contributed by atoms with E-state index in [4.69, 9.17) is 31.7 Å². The number of amides is 1. The van der Waals surface area contributed by atoms with Crippen LogP contribution in [0.1, 0.15) is 75.7 Å². The number of benzene rings is 1. The number of fused-ring (bicyclic) bond motifs is 8. The summed E-state index contributed by atoms with van der Waals surface area (Å²) >= 11 is 7.32. The fraction of sp³-hybridized carbons (Fsp3) is 0.548. The molecule has 14 heteroatoms. The lowest BCUT2D eigenvalue weighted by molar-refractivity contribution is -0.139. The van der Waals surface area contributed by atoms with Gasteiger partial charge in [-0.2, -0.15) is 0 Å². The van der Waals surface area contributed by atoms with Crippen LogP contribution in [0.2, 0.25) is 0 Å². The highest BCUT2D eigenvalue weighted by atomic mass is 32.1. The van der Waals surface area contributed by atoms with E-state index in [-0.39, 0.29) is 12.0 Å². The van der Waals surface area contributed by atoms with E-state index in [2.05, 4.69) is 87.0 Å². The molecule has 4 aliphatic heterocycles. The molecule has 1 unspecified atom stereocenters. The molecule has 4 atom stereocenters. The third-order valence-corrected chi connectivity index (χ3v) is 13.8. The van der Waals surface area contributed by atoms with E-state index in [0.29, 0.717) is 55.0 Å². The summed E-state index contributed by atoms with van der Waals surface area (Å²) in [5.74, 6) is -0.643. The van der Waals surface area contributed by atoms with Crippen molar-refractivity contribution in [1.29, 1.82) is 0 Å². The van der Waals surface area contributed by atoms with Crippen molar-refractivity contribution in [2.75, 3.05) is 51.3 Å². The van der Waals surface area contributed by atoms with Crippen LogP contribution in [0.25, 0.3) is 33.4 Å². The second-order valence-electron chi connectivity index (χ2n) is 16.6. The van der Waals surface area contributed by atoms with Gasteiger partial charge in [0, 0.05) is 94.7 Å². The molecule has 2 N–H and O–H groups in total. The van der Waals surface area contributed by atoms with Crippen molar-refractivity contribution in [3.05, 3.63) is 52.1 Å². The maximum atomic E-state index is 13.6. The number of nitrogens with zero attached hydrogens (tertiary/aromatic N) is 6. The summed E-state index contributed by atoms with van der Waals surface area (Å²) in [4.78, 5) is 29.3. The fourth-order valence-electron chi connectivity index (χ4n) is 9.05. The number of hydrogen-bond donors (Lipinski definition) is 2. The van der Waals surface area contributed by atoms with Crippen LogP contribution < -0.4 is 10.3 Å². The predicted molar refractivity (Wildman–Crippen MR) is 228 cm³/mol. The number of aromatic nitrogens is 3. The molecule has 4 aliphatic rings. The maximum Gasteiger partial charge on any atom is 0.263 e. The first kappa shape index (κ1) is 39.5. The lowest BCUT2D eigenvalue weighted by atomic mass is 9.84. The smallest absolute Gasteiger partial charge is 0.263 e. The molecular weight excluding hydrogens is 759 g/mol. The monoisotopic (exact) mass is 811 g/mol. The fourth-order valence-corrected chi connectivity index (χ4v) is 10.6. The highest BCUT2D eigenvalue weighted by Gasteiger charge is 2.35. The Balaban J connectivity index is 1.28. The highest BCUT2D eigenvalue weighted by Crippen LogP contribution is 2.43. The van der Waals surface area contributed by atoms with Crippen LogP contribution in [-0.4, -0.2) is 114 Å². The number of aliphatic hydroxyl groups is 1. The minimum Gasteiger partial charge on any atom is -0.375 e. The molecule has 3 aromatic heterocycles. The van der Waals surface area contributed by atoms with Gasteiger partial charge in [0.15, 0.2) is 6.29 Å². The number of ether oxygens (including phenoxy) is 2. The molecule has 6 bridgehead atoms. The van der Waals surface area contributed by atoms with E-state index < -0.39 is 17.6 Å². The normalized spacial score (nSPS) is 24.2. The molecule has 3 saturated heterocycles. The Bertz CT molecular complexity index is 2150. The third kappa shape index (κ3) is 7.65. The van der Waals surface area contributed by atoms with Gasteiger partial charge in [-0.25, -0.2) is 4.98 Å². The van der Waals surface area contributed by atoms with Crippen LogP contribution in [0.5, 0.6) is 0 Å². The van der Waals surface area contributed by atoms with Gasteiger partial charge in [0.05, 0.1) is 52.6 Å². The summed E-state index contributed by atoms with van der Waals surface area (Å²) in [6, 6.07) is 9.59. The lowest BCUT2D eigenvalue weighted by Crippen LogP contribution is -2.50. The number of thiazole rings is 1. The standard InChI is InChI=1S/C42H53N7O4S2Si/c1-6-48-34-12-11-26-17-30(34)32(38(48)31-18-28(21-43-37(31)25(2)52-5)47-16-15-46-13-7-9-27(46)22-47)20-42(3,4)24-53-41(51)29-10-8-14-49(45-39(29)54)40(50)35(56)19-36-44-33(26)23-55-36/h11-12,17-18,21,23,25,27,29,41,51H,6-10,13-16,19-20,22,24H2,1-5H3,(H,45,54)/t25-,27+,29+,41?/m0/s1. The van der Waals surface area contributed by atoms with Crippen molar-refractivity contribution in [1.82, 2.24) is 29.9 Å². The zero-order valence-corrected chi connectivity index (χ0v) is 35.8. The first-order chi connectivity index (χ1) is 26.9. The first-order valence-corrected chi connectivity index (χ1v) is 21.8. The van der Waals surface area contributed by atoms with Crippen LogP contribution in [-0.2, 0) is 33.7 Å². The average molecular weight is 812 g/mol. The number of hydrogen-bond acceptors (Lipinski definition) is 10. The van der Waals surface area contributed by atoms with Gasteiger partial charge in [0.25, 0.3) is 5.91 Å². The molecule has 2 radical (unpaired) electrons. The van der Waals surface area contributed by atoms with Crippen molar-refractivity contribution in [2.45, 2.75) is 91.2 Å². The minimum atomic E-state index is -1.12. The molecule has 0 spiro atoms. The second kappa shape index (κ2) is 16.1. The number of piperazine rings is 1. The summed E-state index contributed by atoms with van der Waals surface area (Å²) in [5, 5.41) is 17.6. The molecule has 3 fully saturated rings. The third-order valence-electron chi connectivity index (χ3n) is 12.1. The molecule has 56 heavy (non-hydrogen) atoms. The summed E-state index contributed by atoms with van der Waals surface area (Å²) in [6.07, 6.45) is 5.51. The second-order valence-corrected chi connectivity index (χ2v) is 18.6. The van der Waals surface area contributed by atoms with Gasteiger partial charge < -0.3 is 24.0 Å². The number of aryl methyl sites for hydroxylation is 1. The van der Waals surface area contributed by atoms with Gasteiger partial charge in [0.1, 0.15) is 4.99 Å². The van der Waals surface area contributed by atoms with Gasteiger partial charge in [-0.05, 0) is 81.7 Å². The van der Waals surface area contributed by atoms with Gasteiger partial charge in [0.2, 0.25) is 0 Å². The van der Waals surface area contributed by atoms with Gasteiger partial charge in [-0.15, -0.1) is 11.3 Å². The number of pyridine rings is 1. The number of anilines is 1. The summed E-state index contributed by atoms with van der Waals surface area (Å²) < 4.78 is 14.8. The Morgan fingerprint density at radius 2 is 2.00 bits per heavy atom. The Hall–Kier alpha value is -3.37. The molecule has 1 amide bonds. The molecule has 0 aliphatic carbocycles. The van der Waals surface area contributed by atoms with E-state index in [1.807, 2.05) is 6.20 Å². The summed E-state index contributed by atoms with van der Waals surface area (Å²) in [5.41, 5.74) is 11.2. The Morgan fingerprint density at radius 3 is 2.80 bits per heavy atom. The maximum absolute atomic E-state index is 13.6. The number of aliphatic hydroxyl groups excluding tert-OH is 1. The topological polar surface area (TPSA) is 108 Å². The van der Waals surface area contributed by atoms with E-state index >= 15 is 0 Å². The van der Waals surface area contributed by atoms with Crippen LogP contribution in [0.15, 0.2) is 35.8 Å². The molecule has 4 aromatic rings. The number of thiocarbonyl (C=S) groups is 1. The van der Waals surface area contributed by atoms with Crippen molar-refractivity contribution in [3.63, 3.8) is 0 Å². The summed E-state index contributed by atoms with van der Waals surface area (Å²) in [6.45, 7) is 14.5. The van der Waals surface area contributed by atoms with E-state index in [1.165, 1.54) is 30.0 Å². The highest BCUT2D eigenvalue weighted by molar-refractivity contribution is 7.80. The molecular formula is C42H53N7O4S2Si. The molecule has 1 aromatic carbocycles. The Kier molecular flexibility index (Phi) is 11.4. The number of rotatable bonds is 5. The molecule has 296 valence electrons. The van der Waals surface area contributed by atoms with Crippen molar-refractivity contribution >= 4 is 66.1 Å². The van der Waals surface area contributed by atoms with Crippen LogP contribution in [0.4, 0.5) is 5.69 Å². The number of carbonyl (C=O) groups excluding carboxylic acids is 1. The van der Waals surface area contributed by atoms with Crippen LogP contribution in [0.3, 0.4) is 0 Å². The Morgan fingerprint density at radius 1 is 1.18 bits per heavy atom. The SMILES string of the molecule is CCn1c(-c2cc(N3CCN4CCC[C@@H]4C3)cnc2[C@H](C)OC)c2c3cc(ccc31)-c1csc(n1)CC(=[Si])C(=O)N1CCC[C@H](C(=S)N1)C(O)OCC(C)(C)C2. The largest absolute Gasteiger partial charge is 0.375 e. The molecule has 0 saturated carbocycles. The average Bonchev–Trinajstić information content (AvgIpc) is 3.90. The lowest BCUT2D eigenvalue weighted by Gasteiger charge is -2.39. The number of carbonyl (C=O) groups is 1. The van der Waals surface area contributed by atoms with Crippen molar-refractivity contribution in [2.24, 2.45) is 11.3 Å². The van der Waals surface area contributed by atoms with Crippen molar-refractivity contribution < 1.29 is 19.4 Å². The first-order valence-electron chi connectivity index (χ1n) is 20.1. The van der Waals surface area contributed by atoms with Gasteiger partial charge >= 0.3 is 0 Å². The van der Waals surface area contributed by atoms with E-state index in [9.17, 15) is 9.90 Å². The Labute approximate surface area is 342 Å². The minimum absolute atomic E-state index is 0.197. The molecule has 7 heterocycles. The zero-order valence-electron chi connectivity index (χ0n) is 33.1. The zero-order chi connectivity index (χ0) is 39.3. The van der Waals surface area contributed by atoms with Crippen molar-refractivity contribution in [3.8, 4) is 22.5 Å². The van der Waals surface area contributed by atoms with Gasteiger partial charge in [-0.3, -0.25) is 25.1 Å². The quantitative estimate of drug-likeness (QED) is 0.192. The summed E-state index contributed by atoms with van der Waals surface area (Å²) in [7, 11) is 5.39. The van der Waals surface area contributed by atoms with Crippen LogP contribution >= 0.6 is 23.6 Å². The van der Waals surface area contributed by atoms with Crippen LogP contribution in [0, 0.1) is 11.3 Å². The van der Waals surface area contributed by atoms with Gasteiger partial charge in [-0.1, -0.05) is 32.1 Å². The number of hydrazine groups is 1. The number of methoxy groups -OCH3 is 1. The molecule has 11 nitrogen and oxygen atoms in total. The predicted octanol–water partition coefficient (Wildman–Crippen LogP) is 5.71. The number of nitrogens with one attached hydrogen (secondary N) is 1. The van der Waals surface area contributed by atoms with E-state index in [0.717, 1.165) is 76.0 Å². The van der Waals surface area contributed by atoms with E-state index in [1.54, 1.807) is 18.4 Å².